The van der Waals surface area contributed by atoms with Crippen molar-refractivity contribution in [3.63, 3.8) is 0 Å². The van der Waals surface area contributed by atoms with Crippen LogP contribution in [0.2, 0.25) is 0 Å². The highest BCUT2D eigenvalue weighted by Crippen LogP contribution is 2.28. The molecule has 0 fully saturated rings. The molecule has 3 rings (SSSR count). The van der Waals surface area contributed by atoms with E-state index in [1.165, 1.54) is 47.4 Å². The Balaban J connectivity index is 1.55. The molecule has 28 heavy (non-hydrogen) atoms. The Morgan fingerprint density at radius 3 is 2.54 bits per heavy atom. The van der Waals surface area contributed by atoms with Gasteiger partial charge in [0.05, 0.1) is 16.3 Å². The summed E-state index contributed by atoms with van der Waals surface area (Å²) in [7, 11) is -2.45. The summed E-state index contributed by atoms with van der Waals surface area (Å²) in [6.45, 7) is -0.404. The number of nitrogens with one attached hydrogen (secondary N) is 2. The van der Waals surface area contributed by atoms with E-state index in [1.807, 2.05) is 6.07 Å². The van der Waals surface area contributed by atoms with E-state index in [0.29, 0.717) is 4.88 Å². The van der Waals surface area contributed by atoms with Crippen molar-refractivity contribution < 1.29 is 18.0 Å². The first kappa shape index (κ1) is 20.5. The summed E-state index contributed by atoms with van der Waals surface area (Å²) in [6.07, 6.45) is 5.44. The van der Waals surface area contributed by atoms with Gasteiger partial charge in [0.15, 0.2) is 0 Å². The third-order valence-corrected chi connectivity index (χ3v) is 7.66. The number of carbonyl (C=O) groups excluding carboxylic acids is 2. The Hall–Kier alpha value is -2.23. The fraction of sp³-hybridized carbons (Fsp3) is 0.368. The van der Waals surface area contributed by atoms with E-state index in [2.05, 4.69) is 10.9 Å². The van der Waals surface area contributed by atoms with Gasteiger partial charge in [0.25, 0.3) is 11.8 Å². The zero-order valence-electron chi connectivity index (χ0n) is 15.6. The van der Waals surface area contributed by atoms with E-state index in [4.69, 9.17) is 0 Å². The molecule has 0 unspecified atom stereocenters. The minimum atomic E-state index is -3.77. The molecular weight excluding hydrogens is 398 g/mol. The molecule has 1 aliphatic carbocycles. The average Bonchev–Trinajstić information content (AvgIpc) is 2.97. The van der Waals surface area contributed by atoms with Crippen molar-refractivity contribution >= 4 is 33.2 Å². The molecule has 2 N–H and O–H groups in total. The molecule has 1 aliphatic rings. The van der Waals surface area contributed by atoms with E-state index >= 15 is 0 Å². The molecule has 2 aromatic rings. The van der Waals surface area contributed by atoms with Gasteiger partial charge in [-0.1, -0.05) is 24.6 Å². The summed E-state index contributed by atoms with van der Waals surface area (Å²) in [5.74, 6) is -1.01. The zero-order valence-corrected chi connectivity index (χ0v) is 17.2. The van der Waals surface area contributed by atoms with Crippen LogP contribution in [0.1, 0.15) is 39.4 Å². The topological polar surface area (TPSA) is 95.6 Å². The molecule has 2 amide bonds. The third kappa shape index (κ3) is 4.78. The quantitative estimate of drug-likeness (QED) is 0.571. The molecule has 0 aliphatic heterocycles. The predicted octanol–water partition coefficient (Wildman–Crippen LogP) is 2.10. The van der Waals surface area contributed by atoms with Crippen molar-refractivity contribution in [3.8, 4) is 0 Å². The summed E-state index contributed by atoms with van der Waals surface area (Å²) in [6, 6.07) is 9.76. The lowest BCUT2D eigenvalue weighted by Crippen LogP contribution is -2.46. The smallest absolute Gasteiger partial charge is 0.272 e. The fourth-order valence-electron chi connectivity index (χ4n) is 3.07. The Morgan fingerprint density at radius 1 is 1.07 bits per heavy atom. The number of likely N-dealkylation sites (N-methyl/N-ethyl adjacent to an activating group) is 1. The maximum absolute atomic E-state index is 12.4. The van der Waals surface area contributed by atoms with Gasteiger partial charge in [-0.2, -0.15) is 4.31 Å². The van der Waals surface area contributed by atoms with Gasteiger partial charge in [0, 0.05) is 11.9 Å². The Morgan fingerprint density at radius 2 is 1.79 bits per heavy atom. The number of hydrazine groups is 1. The first-order valence-electron chi connectivity index (χ1n) is 9.10. The summed E-state index contributed by atoms with van der Waals surface area (Å²) in [4.78, 5) is 26.3. The lowest BCUT2D eigenvalue weighted by atomic mass is 10.1. The summed E-state index contributed by atoms with van der Waals surface area (Å²) in [5.41, 5.74) is 5.88. The molecule has 1 heterocycles. The first-order valence-corrected chi connectivity index (χ1v) is 11.4. The van der Waals surface area contributed by atoms with Crippen LogP contribution >= 0.6 is 11.3 Å². The van der Waals surface area contributed by atoms with Crippen LogP contribution < -0.4 is 10.9 Å². The number of amides is 2. The lowest BCUT2D eigenvalue weighted by molar-refractivity contribution is -0.121. The highest BCUT2D eigenvalue weighted by molar-refractivity contribution is 7.89. The van der Waals surface area contributed by atoms with E-state index in [1.54, 1.807) is 18.2 Å². The second kappa shape index (κ2) is 8.85. The van der Waals surface area contributed by atoms with Crippen molar-refractivity contribution in [2.75, 3.05) is 13.6 Å². The van der Waals surface area contributed by atoms with Crippen LogP contribution in [0.25, 0.3) is 0 Å². The van der Waals surface area contributed by atoms with Crippen LogP contribution in [-0.4, -0.2) is 38.1 Å². The molecule has 0 bridgehead atoms. The third-order valence-electron chi connectivity index (χ3n) is 4.60. The number of aryl methyl sites for hydroxylation is 2. The van der Waals surface area contributed by atoms with Gasteiger partial charge in [0.2, 0.25) is 10.0 Å². The highest BCUT2D eigenvalue weighted by Gasteiger charge is 2.23. The number of hydrogen-bond donors (Lipinski definition) is 2. The molecule has 1 aromatic carbocycles. The number of sulfonamides is 1. The number of carbonyl (C=O) groups is 2. The maximum Gasteiger partial charge on any atom is 0.279 e. The molecule has 9 heteroatoms. The zero-order chi connectivity index (χ0) is 20.1. The largest absolute Gasteiger partial charge is 0.279 e. The van der Waals surface area contributed by atoms with Crippen LogP contribution in [0.3, 0.4) is 0 Å². The monoisotopic (exact) mass is 421 g/mol. The number of benzene rings is 1. The van der Waals surface area contributed by atoms with Crippen LogP contribution in [0.4, 0.5) is 0 Å². The average molecular weight is 422 g/mol. The summed E-state index contributed by atoms with van der Waals surface area (Å²) >= 11 is 1.45. The molecule has 0 radical (unpaired) electrons. The van der Waals surface area contributed by atoms with E-state index in [9.17, 15) is 18.0 Å². The number of hydrogen-bond acceptors (Lipinski definition) is 5. The van der Waals surface area contributed by atoms with Gasteiger partial charge < -0.3 is 0 Å². The second-order valence-electron chi connectivity index (χ2n) is 6.70. The summed E-state index contributed by atoms with van der Waals surface area (Å²) in [5, 5.41) is 0. The lowest BCUT2D eigenvalue weighted by Gasteiger charge is -2.16. The molecule has 0 atom stereocenters. The van der Waals surface area contributed by atoms with Crippen molar-refractivity contribution in [3.05, 3.63) is 51.7 Å². The Bertz CT molecular complexity index is 931. The van der Waals surface area contributed by atoms with E-state index in [0.717, 1.165) is 30.0 Å². The van der Waals surface area contributed by atoms with Crippen molar-refractivity contribution in [1.82, 2.24) is 15.2 Å². The van der Waals surface area contributed by atoms with Gasteiger partial charge in [-0.3, -0.25) is 20.4 Å². The van der Waals surface area contributed by atoms with Crippen LogP contribution in [0, 0.1) is 0 Å². The Kier molecular flexibility index (Phi) is 6.48. The summed E-state index contributed by atoms with van der Waals surface area (Å²) < 4.78 is 25.8. The van der Waals surface area contributed by atoms with Crippen molar-refractivity contribution in [2.45, 2.75) is 37.0 Å². The molecule has 150 valence electrons. The van der Waals surface area contributed by atoms with E-state index in [-0.39, 0.29) is 10.8 Å². The minimum absolute atomic E-state index is 0.106. The number of nitrogens with zero attached hydrogens (tertiary/aromatic N) is 1. The number of rotatable bonds is 5. The molecule has 0 spiro atoms. The molecule has 1 aromatic heterocycles. The van der Waals surface area contributed by atoms with E-state index < -0.39 is 22.5 Å². The normalized spacial score (nSPS) is 14.2. The second-order valence-corrected chi connectivity index (χ2v) is 9.88. The first-order chi connectivity index (χ1) is 13.4. The van der Waals surface area contributed by atoms with Gasteiger partial charge >= 0.3 is 0 Å². The number of fused-ring (bicyclic) bond motifs is 1. The molecule has 0 saturated carbocycles. The highest BCUT2D eigenvalue weighted by atomic mass is 32.2. The van der Waals surface area contributed by atoms with Crippen LogP contribution in [0.5, 0.6) is 0 Å². The van der Waals surface area contributed by atoms with Crippen molar-refractivity contribution in [2.24, 2.45) is 0 Å². The molecule has 7 nitrogen and oxygen atoms in total. The number of thiophene rings is 1. The molecule has 0 saturated heterocycles. The molecular formula is C19H23N3O4S2. The Labute approximate surface area is 168 Å². The van der Waals surface area contributed by atoms with Crippen LogP contribution in [0.15, 0.2) is 41.3 Å². The maximum atomic E-state index is 12.4. The predicted molar refractivity (Wildman–Crippen MR) is 107 cm³/mol. The minimum Gasteiger partial charge on any atom is -0.272 e. The fourth-order valence-corrected chi connectivity index (χ4v) is 5.36. The standard InChI is InChI=1S/C19H23N3O4S2/c1-22(28(25,26)15-9-5-3-6-10-15)13-18(23)20-21-19(24)17-12-14-8-4-2-7-11-16(14)27-17/h3,5-6,9-10,12H,2,4,7-8,11,13H2,1H3,(H,20,23)(H,21,24). The van der Waals surface area contributed by atoms with Gasteiger partial charge in [-0.25, -0.2) is 8.42 Å². The van der Waals surface area contributed by atoms with Gasteiger partial charge in [-0.05, 0) is 49.4 Å². The van der Waals surface area contributed by atoms with Gasteiger partial charge in [0.1, 0.15) is 0 Å². The SMILES string of the molecule is CN(CC(=O)NNC(=O)c1cc2c(s1)CCCCC2)S(=O)(=O)c1ccccc1. The van der Waals surface area contributed by atoms with Crippen LogP contribution in [-0.2, 0) is 27.7 Å². The van der Waals surface area contributed by atoms with Crippen molar-refractivity contribution in [1.29, 1.82) is 0 Å². The van der Waals surface area contributed by atoms with Gasteiger partial charge in [-0.15, -0.1) is 11.3 Å².